The lowest BCUT2D eigenvalue weighted by Gasteiger charge is -2.30. The predicted molar refractivity (Wildman–Crippen MR) is 77.9 cm³/mol. The zero-order valence-electron chi connectivity index (χ0n) is 10.9. The summed E-state index contributed by atoms with van der Waals surface area (Å²) in [6.45, 7) is 1.44. The van der Waals surface area contributed by atoms with Crippen molar-refractivity contribution in [2.45, 2.75) is 12.8 Å². The van der Waals surface area contributed by atoms with Crippen LogP contribution in [-0.2, 0) is 4.79 Å². The lowest BCUT2D eigenvalue weighted by atomic mass is 9.97. The number of aromatic nitrogens is 2. The fourth-order valence-electron chi connectivity index (χ4n) is 2.41. The van der Waals surface area contributed by atoms with Gasteiger partial charge in [0, 0.05) is 13.1 Å². The van der Waals surface area contributed by atoms with Crippen molar-refractivity contribution < 1.29 is 9.90 Å². The zero-order chi connectivity index (χ0) is 13.9. The van der Waals surface area contributed by atoms with Crippen LogP contribution in [0.15, 0.2) is 29.9 Å². The summed E-state index contributed by atoms with van der Waals surface area (Å²) >= 11 is 1.64. The molecule has 3 heterocycles. The Balaban J connectivity index is 1.75. The van der Waals surface area contributed by atoms with Crippen molar-refractivity contribution in [3.63, 3.8) is 0 Å². The van der Waals surface area contributed by atoms with Crippen molar-refractivity contribution in [2.24, 2.45) is 5.92 Å². The summed E-state index contributed by atoms with van der Waals surface area (Å²) in [4.78, 5) is 23.1. The first kappa shape index (κ1) is 13.1. The number of rotatable bonds is 3. The predicted octanol–water partition coefficient (Wildman–Crippen LogP) is 2.51. The quantitative estimate of drug-likeness (QED) is 0.940. The van der Waals surface area contributed by atoms with E-state index in [1.54, 1.807) is 23.7 Å². The van der Waals surface area contributed by atoms with E-state index in [-0.39, 0.29) is 5.92 Å². The molecule has 0 spiro atoms. The first-order valence-electron chi connectivity index (χ1n) is 6.58. The van der Waals surface area contributed by atoms with E-state index in [9.17, 15) is 4.79 Å². The van der Waals surface area contributed by atoms with Crippen LogP contribution in [0.2, 0.25) is 0 Å². The molecule has 1 saturated heterocycles. The standard InChI is InChI=1S/C14H15N3O2S/c18-14(19)10-3-5-17(6-4-10)13-9-15-8-11(16-13)12-2-1-7-20-12/h1-2,7-10H,3-6H2,(H,18,19). The van der Waals surface area contributed by atoms with Crippen LogP contribution in [0.5, 0.6) is 0 Å². The largest absolute Gasteiger partial charge is 0.481 e. The number of carboxylic acids is 1. The Kier molecular flexibility index (Phi) is 3.64. The molecule has 104 valence electrons. The third-order valence-corrected chi connectivity index (χ3v) is 4.46. The topological polar surface area (TPSA) is 66.3 Å². The summed E-state index contributed by atoms with van der Waals surface area (Å²) in [5.74, 6) is -0.0810. The average molecular weight is 289 g/mol. The molecule has 0 bridgehead atoms. The number of hydrogen-bond acceptors (Lipinski definition) is 5. The van der Waals surface area contributed by atoms with Gasteiger partial charge in [-0.05, 0) is 24.3 Å². The molecule has 1 aliphatic heterocycles. The van der Waals surface area contributed by atoms with E-state index in [0.29, 0.717) is 12.8 Å². The van der Waals surface area contributed by atoms with Gasteiger partial charge in [-0.3, -0.25) is 9.78 Å². The summed E-state index contributed by atoms with van der Waals surface area (Å²) in [5, 5.41) is 11.0. The molecule has 2 aromatic rings. The molecule has 3 rings (SSSR count). The van der Waals surface area contributed by atoms with Crippen LogP contribution in [0.3, 0.4) is 0 Å². The Labute approximate surface area is 120 Å². The van der Waals surface area contributed by atoms with E-state index in [2.05, 4.69) is 14.9 Å². The SMILES string of the molecule is O=C(O)C1CCN(c2cncc(-c3cccs3)n2)CC1. The smallest absolute Gasteiger partial charge is 0.306 e. The van der Waals surface area contributed by atoms with Crippen LogP contribution in [0.4, 0.5) is 5.82 Å². The van der Waals surface area contributed by atoms with Crippen molar-refractivity contribution in [3.05, 3.63) is 29.9 Å². The fourth-order valence-corrected chi connectivity index (χ4v) is 3.09. The number of aliphatic carboxylic acids is 1. The first-order valence-corrected chi connectivity index (χ1v) is 7.45. The van der Waals surface area contributed by atoms with E-state index in [4.69, 9.17) is 5.11 Å². The molecular weight excluding hydrogens is 274 g/mol. The molecule has 0 aliphatic carbocycles. The van der Waals surface area contributed by atoms with Crippen LogP contribution in [-0.4, -0.2) is 34.1 Å². The van der Waals surface area contributed by atoms with Crippen LogP contribution in [0.25, 0.3) is 10.6 Å². The third-order valence-electron chi connectivity index (χ3n) is 3.56. The van der Waals surface area contributed by atoms with Crippen molar-refractivity contribution in [2.75, 3.05) is 18.0 Å². The summed E-state index contributed by atoms with van der Waals surface area (Å²) in [6.07, 6.45) is 4.85. The fraction of sp³-hybridized carbons (Fsp3) is 0.357. The van der Waals surface area contributed by atoms with E-state index < -0.39 is 5.97 Å². The maximum absolute atomic E-state index is 11.0. The molecule has 2 aromatic heterocycles. The molecule has 0 saturated carbocycles. The van der Waals surface area contributed by atoms with Gasteiger partial charge in [0.25, 0.3) is 0 Å². The second-order valence-corrected chi connectivity index (χ2v) is 5.79. The highest BCUT2D eigenvalue weighted by molar-refractivity contribution is 7.13. The van der Waals surface area contributed by atoms with E-state index >= 15 is 0 Å². The summed E-state index contributed by atoms with van der Waals surface area (Å²) in [6, 6.07) is 4.02. The zero-order valence-corrected chi connectivity index (χ0v) is 11.7. The monoisotopic (exact) mass is 289 g/mol. The Hall–Kier alpha value is -1.95. The molecule has 1 N–H and O–H groups in total. The number of hydrogen-bond donors (Lipinski definition) is 1. The normalized spacial score (nSPS) is 16.3. The van der Waals surface area contributed by atoms with Crippen LogP contribution < -0.4 is 4.90 Å². The minimum Gasteiger partial charge on any atom is -0.481 e. The second-order valence-electron chi connectivity index (χ2n) is 4.84. The number of carboxylic acid groups (broad SMARTS) is 1. The van der Waals surface area contributed by atoms with Crippen molar-refractivity contribution >= 4 is 23.1 Å². The average Bonchev–Trinajstić information content (AvgIpc) is 3.02. The van der Waals surface area contributed by atoms with Gasteiger partial charge in [0.1, 0.15) is 11.5 Å². The first-order chi connectivity index (χ1) is 9.74. The molecule has 0 atom stereocenters. The minimum atomic E-state index is -0.692. The number of nitrogens with zero attached hydrogens (tertiary/aromatic N) is 3. The highest BCUT2D eigenvalue weighted by Crippen LogP contribution is 2.26. The summed E-state index contributed by atoms with van der Waals surface area (Å²) in [5.41, 5.74) is 0.873. The van der Waals surface area contributed by atoms with Gasteiger partial charge in [0.05, 0.1) is 23.2 Å². The van der Waals surface area contributed by atoms with Gasteiger partial charge in [-0.1, -0.05) is 6.07 Å². The van der Waals surface area contributed by atoms with Gasteiger partial charge < -0.3 is 10.0 Å². The lowest BCUT2D eigenvalue weighted by molar-refractivity contribution is -0.142. The molecule has 0 unspecified atom stereocenters. The maximum Gasteiger partial charge on any atom is 0.306 e. The number of piperidine rings is 1. The Morgan fingerprint density at radius 1 is 1.35 bits per heavy atom. The Bertz CT molecular complexity index is 592. The molecule has 0 aromatic carbocycles. The van der Waals surface area contributed by atoms with Crippen molar-refractivity contribution in [3.8, 4) is 10.6 Å². The van der Waals surface area contributed by atoms with E-state index in [0.717, 1.165) is 29.5 Å². The number of anilines is 1. The molecule has 1 fully saturated rings. The van der Waals surface area contributed by atoms with Crippen LogP contribution >= 0.6 is 11.3 Å². The molecule has 0 radical (unpaired) electrons. The number of carbonyl (C=O) groups is 1. The van der Waals surface area contributed by atoms with E-state index in [1.165, 1.54) is 0 Å². The van der Waals surface area contributed by atoms with Crippen molar-refractivity contribution in [1.29, 1.82) is 0 Å². The Morgan fingerprint density at radius 2 is 2.15 bits per heavy atom. The molecule has 20 heavy (non-hydrogen) atoms. The van der Waals surface area contributed by atoms with Crippen LogP contribution in [0.1, 0.15) is 12.8 Å². The number of thiophene rings is 1. The lowest BCUT2D eigenvalue weighted by Crippen LogP contribution is -2.36. The maximum atomic E-state index is 11.0. The van der Waals surface area contributed by atoms with Gasteiger partial charge in [0.15, 0.2) is 0 Å². The molecule has 0 amide bonds. The molecule has 5 nitrogen and oxygen atoms in total. The van der Waals surface area contributed by atoms with Crippen molar-refractivity contribution in [1.82, 2.24) is 9.97 Å². The van der Waals surface area contributed by atoms with Gasteiger partial charge in [-0.25, -0.2) is 4.98 Å². The summed E-state index contributed by atoms with van der Waals surface area (Å²) in [7, 11) is 0. The second kappa shape index (κ2) is 5.58. The van der Waals surface area contributed by atoms with E-state index in [1.807, 2.05) is 17.5 Å². The third kappa shape index (κ3) is 2.65. The molecule has 6 heteroatoms. The minimum absolute atomic E-state index is 0.223. The highest BCUT2D eigenvalue weighted by atomic mass is 32.1. The highest BCUT2D eigenvalue weighted by Gasteiger charge is 2.25. The molecular formula is C14H15N3O2S. The molecule has 1 aliphatic rings. The summed E-state index contributed by atoms with van der Waals surface area (Å²) < 4.78 is 0. The van der Waals surface area contributed by atoms with Gasteiger partial charge >= 0.3 is 5.97 Å². The Morgan fingerprint density at radius 3 is 2.80 bits per heavy atom. The van der Waals surface area contributed by atoms with Gasteiger partial charge in [0.2, 0.25) is 0 Å². The van der Waals surface area contributed by atoms with Gasteiger partial charge in [-0.2, -0.15) is 0 Å². The van der Waals surface area contributed by atoms with Crippen LogP contribution in [0, 0.1) is 5.92 Å². The van der Waals surface area contributed by atoms with Gasteiger partial charge in [-0.15, -0.1) is 11.3 Å².